The van der Waals surface area contributed by atoms with Crippen LogP contribution in [0.3, 0.4) is 0 Å². The number of hydrogen-bond donors (Lipinski definition) is 0. The maximum atomic E-state index is 12.8. The van der Waals surface area contributed by atoms with Crippen LogP contribution in [0.15, 0.2) is 42.5 Å². The number of non-ortho nitro benzene ring substituents is 1. The number of anilines is 1. The summed E-state index contributed by atoms with van der Waals surface area (Å²) in [4.78, 5) is 26.5. The molecule has 144 valence electrons. The van der Waals surface area contributed by atoms with E-state index in [2.05, 4.69) is 0 Å². The van der Waals surface area contributed by atoms with Crippen LogP contribution in [0.5, 0.6) is 11.5 Å². The minimum atomic E-state index is -0.511. The third kappa shape index (κ3) is 5.10. The van der Waals surface area contributed by atoms with E-state index in [1.165, 1.54) is 17.0 Å². The molecule has 8 heteroatoms. The Morgan fingerprint density at radius 3 is 2.26 bits per heavy atom. The van der Waals surface area contributed by atoms with Crippen molar-refractivity contribution in [3.63, 3.8) is 0 Å². The third-order valence-corrected chi connectivity index (χ3v) is 4.00. The number of hydrogen-bond acceptors (Lipinski definition) is 6. The molecule has 0 heterocycles. The molecule has 0 unspecified atom stereocenters. The number of likely N-dealkylation sites (N-methyl/N-ethyl adjacent to an activating group) is 1. The van der Waals surface area contributed by atoms with Gasteiger partial charge in [0.1, 0.15) is 18.1 Å². The Balaban J connectivity index is 2.05. The number of ether oxygens (including phenoxy) is 2. The van der Waals surface area contributed by atoms with E-state index in [-0.39, 0.29) is 17.2 Å². The second-order valence-electron chi connectivity index (χ2n) is 6.10. The van der Waals surface area contributed by atoms with Crippen molar-refractivity contribution in [3.8, 4) is 11.5 Å². The van der Waals surface area contributed by atoms with E-state index in [0.29, 0.717) is 24.6 Å². The van der Waals surface area contributed by atoms with Crippen LogP contribution >= 0.6 is 0 Å². The van der Waals surface area contributed by atoms with Crippen molar-refractivity contribution in [2.75, 3.05) is 46.3 Å². The summed E-state index contributed by atoms with van der Waals surface area (Å²) in [7, 11) is 6.79. The number of nitro groups is 1. The van der Waals surface area contributed by atoms with Crippen LogP contribution in [0.2, 0.25) is 0 Å². The number of rotatable bonds is 8. The Morgan fingerprint density at radius 2 is 1.70 bits per heavy atom. The van der Waals surface area contributed by atoms with Gasteiger partial charge in [-0.2, -0.15) is 0 Å². The second kappa shape index (κ2) is 8.88. The summed E-state index contributed by atoms with van der Waals surface area (Å²) in [6.45, 7) is 0.626. The molecule has 0 bridgehead atoms. The number of carbonyl (C=O) groups excluding carboxylic acids is 1. The lowest BCUT2D eigenvalue weighted by Crippen LogP contribution is -2.32. The van der Waals surface area contributed by atoms with Crippen molar-refractivity contribution < 1.29 is 19.2 Å². The van der Waals surface area contributed by atoms with E-state index in [1.54, 1.807) is 63.5 Å². The molecule has 0 saturated carbocycles. The maximum absolute atomic E-state index is 12.8. The normalized spacial score (nSPS) is 10.2. The molecule has 2 aromatic carbocycles. The first kappa shape index (κ1) is 20.0. The van der Waals surface area contributed by atoms with Gasteiger partial charge in [-0.25, -0.2) is 0 Å². The summed E-state index contributed by atoms with van der Waals surface area (Å²) in [6, 6.07) is 11.4. The molecule has 0 spiro atoms. The topological polar surface area (TPSA) is 85.1 Å². The Morgan fingerprint density at radius 1 is 1.07 bits per heavy atom. The summed E-state index contributed by atoms with van der Waals surface area (Å²) in [5.74, 6) is 1.10. The van der Waals surface area contributed by atoms with E-state index < -0.39 is 4.92 Å². The highest BCUT2D eigenvalue weighted by molar-refractivity contribution is 6.00. The highest BCUT2D eigenvalue weighted by Crippen LogP contribution is 2.25. The van der Waals surface area contributed by atoms with Crippen LogP contribution in [-0.4, -0.2) is 57.1 Å². The molecular formula is C19H23N3O5. The largest absolute Gasteiger partial charge is 0.497 e. The summed E-state index contributed by atoms with van der Waals surface area (Å²) in [6.07, 6.45) is 0. The van der Waals surface area contributed by atoms with Gasteiger partial charge in [-0.1, -0.05) is 0 Å². The molecule has 0 radical (unpaired) electrons. The molecule has 0 aliphatic rings. The molecule has 0 N–H and O–H groups in total. The van der Waals surface area contributed by atoms with Gasteiger partial charge in [-0.3, -0.25) is 14.9 Å². The summed E-state index contributed by atoms with van der Waals surface area (Å²) in [5.41, 5.74) is 0.779. The highest BCUT2D eigenvalue weighted by Gasteiger charge is 2.20. The lowest BCUT2D eigenvalue weighted by molar-refractivity contribution is -0.384. The zero-order valence-corrected chi connectivity index (χ0v) is 15.8. The molecule has 0 fully saturated rings. The quantitative estimate of drug-likeness (QED) is 0.522. The van der Waals surface area contributed by atoms with E-state index in [9.17, 15) is 14.9 Å². The van der Waals surface area contributed by atoms with Gasteiger partial charge in [0.25, 0.3) is 11.6 Å². The Hall–Kier alpha value is -3.29. The Kier molecular flexibility index (Phi) is 6.59. The number of methoxy groups -OCH3 is 1. The van der Waals surface area contributed by atoms with Crippen LogP contribution in [0.25, 0.3) is 0 Å². The molecule has 1 amide bonds. The fraction of sp³-hybridized carbons (Fsp3) is 0.316. The molecule has 0 saturated heterocycles. The molecule has 8 nitrogen and oxygen atoms in total. The summed E-state index contributed by atoms with van der Waals surface area (Å²) in [5, 5.41) is 11.0. The standard InChI is InChI=1S/C19H23N3O5/c1-20(2)18-10-5-14(22(24)25)13-17(18)19(23)21(3)11-12-27-16-8-6-15(26-4)7-9-16/h5-10,13H,11-12H2,1-4H3. The van der Waals surface area contributed by atoms with Crippen molar-refractivity contribution in [1.29, 1.82) is 0 Å². The molecular weight excluding hydrogens is 350 g/mol. The number of benzene rings is 2. The molecule has 0 aromatic heterocycles. The zero-order valence-electron chi connectivity index (χ0n) is 15.8. The van der Waals surface area contributed by atoms with Crippen LogP contribution < -0.4 is 14.4 Å². The van der Waals surface area contributed by atoms with Gasteiger partial charge in [-0.15, -0.1) is 0 Å². The van der Waals surface area contributed by atoms with Gasteiger partial charge in [0.15, 0.2) is 0 Å². The SMILES string of the molecule is COc1ccc(OCCN(C)C(=O)c2cc([N+](=O)[O-])ccc2N(C)C)cc1. The van der Waals surface area contributed by atoms with Crippen molar-refractivity contribution >= 4 is 17.3 Å². The second-order valence-corrected chi connectivity index (χ2v) is 6.10. The average Bonchev–Trinajstić information content (AvgIpc) is 2.67. The van der Waals surface area contributed by atoms with Crippen LogP contribution in [0.4, 0.5) is 11.4 Å². The number of nitrogens with zero attached hydrogens (tertiary/aromatic N) is 3. The molecule has 27 heavy (non-hydrogen) atoms. The average molecular weight is 373 g/mol. The Bertz CT molecular complexity index is 805. The fourth-order valence-corrected chi connectivity index (χ4v) is 2.48. The molecule has 0 aliphatic carbocycles. The van der Waals surface area contributed by atoms with Gasteiger partial charge in [0.05, 0.1) is 24.1 Å². The van der Waals surface area contributed by atoms with Gasteiger partial charge < -0.3 is 19.3 Å². The Labute approximate surface area is 158 Å². The number of nitro benzene ring substituents is 1. The molecule has 0 atom stereocenters. The smallest absolute Gasteiger partial charge is 0.270 e. The summed E-state index contributed by atoms with van der Waals surface area (Å²) >= 11 is 0. The fourth-order valence-electron chi connectivity index (χ4n) is 2.48. The lowest BCUT2D eigenvalue weighted by Gasteiger charge is -2.22. The van der Waals surface area contributed by atoms with E-state index in [4.69, 9.17) is 9.47 Å². The number of amides is 1. The predicted octanol–water partition coefficient (Wildman–Crippen LogP) is 2.82. The third-order valence-electron chi connectivity index (χ3n) is 4.00. The monoisotopic (exact) mass is 373 g/mol. The first-order chi connectivity index (χ1) is 12.8. The molecule has 2 aromatic rings. The van der Waals surface area contributed by atoms with E-state index >= 15 is 0 Å². The van der Waals surface area contributed by atoms with Crippen molar-refractivity contribution in [3.05, 3.63) is 58.1 Å². The lowest BCUT2D eigenvalue weighted by atomic mass is 10.1. The van der Waals surface area contributed by atoms with Crippen LogP contribution in [0.1, 0.15) is 10.4 Å². The van der Waals surface area contributed by atoms with Gasteiger partial charge in [0, 0.05) is 39.0 Å². The molecule has 2 rings (SSSR count). The van der Waals surface area contributed by atoms with E-state index in [0.717, 1.165) is 5.75 Å². The van der Waals surface area contributed by atoms with E-state index in [1.807, 2.05) is 0 Å². The minimum Gasteiger partial charge on any atom is -0.497 e. The van der Waals surface area contributed by atoms with Gasteiger partial charge >= 0.3 is 0 Å². The zero-order chi connectivity index (χ0) is 20.0. The maximum Gasteiger partial charge on any atom is 0.270 e. The van der Waals surface area contributed by atoms with Crippen LogP contribution in [0, 0.1) is 10.1 Å². The van der Waals surface area contributed by atoms with Crippen molar-refractivity contribution in [2.24, 2.45) is 0 Å². The summed E-state index contributed by atoms with van der Waals surface area (Å²) < 4.78 is 10.7. The van der Waals surface area contributed by atoms with Crippen molar-refractivity contribution in [2.45, 2.75) is 0 Å². The first-order valence-electron chi connectivity index (χ1n) is 8.31. The minimum absolute atomic E-state index is 0.119. The first-order valence-corrected chi connectivity index (χ1v) is 8.31. The molecule has 0 aliphatic heterocycles. The van der Waals surface area contributed by atoms with Gasteiger partial charge in [-0.05, 0) is 30.3 Å². The van der Waals surface area contributed by atoms with Crippen LogP contribution in [-0.2, 0) is 0 Å². The van der Waals surface area contributed by atoms with Gasteiger partial charge in [0.2, 0.25) is 0 Å². The predicted molar refractivity (Wildman–Crippen MR) is 103 cm³/mol. The number of carbonyl (C=O) groups is 1. The van der Waals surface area contributed by atoms with Crippen molar-refractivity contribution in [1.82, 2.24) is 4.90 Å². The highest BCUT2D eigenvalue weighted by atomic mass is 16.6.